The molecule has 23 heteroatoms. The van der Waals surface area contributed by atoms with Gasteiger partial charge in [0.2, 0.25) is 0 Å². The molecule has 2 saturated carbocycles. The number of fused-ring (bicyclic) bond motifs is 2. The van der Waals surface area contributed by atoms with E-state index in [1.807, 2.05) is 35.0 Å². The number of halogens is 4. The molecule has 75 heavy (non-hydrogen) atoms. The van der Waals surface area contributed by atoms with E-state index in [-0.39, 0.29) is 46.4 Å². The molecule has 0 unspecified atom stereocenters. The van der Waals surface area contributed by atoms with Crippen LogP contribution in [0.4, 0.5) is 41.4 Å². The largest absolute Gasteiger partial charge is 0.493 e. The molecule has 394 valence electrons. The van der Waals surface area contributed by atoms with Gasteiger partial charge >= 0.3 is 12.1 Å². The molecule has 7 aromatic rings. The molecule has 3 fully saturated rings. The normalized spacial score (nSPS) is 18.6. The molecule has 0 radical (unpaired) electrons. The highest BCUT2D eigenvalue weighted by atomic mass is 35.5. The molecule has 2 N–H and O–H groups in total. The van der Waals surface area contributed by atoms with Crippen LogP contribution in [0.15, 0.2) is 86.0 Å². The summed E-state index contributed by atoms with van der Waals surface area (Å²) >= 11 is 11.9. The zero-order valence-corrected chi connectivity index (χ0v) is 43.2. The minimum atomic E-state index is -0.496. The third-order valence-electron chi connectivity index (χ3n) is 13.7. The number of hydrogen-bond donors (Lipinski definition) is 2. The van der Waals surface area contributed by atoms with Crippen LogP contribution < -0.4 is 29.6 Å². The number of nitrogens with zero attached hydrogens (tertiary/aromatic N) is 10. The Hall–Kier alpha value is -7.36. The third-order valence-corrected chi connectivity index (χ3v) is 14.3. The van der Waals surface area contributed by atoms with E-state index in [0.717, 1.165) is 56.8 Å². The first-order valence-electron chi connectivity index (χ1n) is 24.5. The lowest BCUT2D eigenvalue weighted by Crippen LogP contribution is -2.51. The van der Waals surface area contributed by atoms with Gasteiger partial charge in [-0.25, -0.2) is 43.3 Å². The molecule has 2 aliphatic carbocycles. The number of carbonyl (C=O) groups excluding carboxylic acids is 2. The van der Waals surface area contributed by atoms with E-state index in [1.54, 1.807) is 44.4 Å². The fourth-order valence-corrected chi connectivity index (χ4v) is 9.83. The van der Waals surface area contributed by atoms with Gasteiger partial charge in [-0.2, -0.15) is 9.78 Å². The summed E-state index contributed by atoms with van der Waals surface area (Å²) in [7, 11) is 6.85. The first kappa shape index (κ1) is 52.5. The van der Waals surface area contributed by atoms with Gasteiger partial charge in [0.25, 0.3) is 0 Å². The lowest BCUT2D eigenvalue weighted by Gasteiger charge is -2.38. The molecular weight excluding hydrogens is 1010 g/mol. The predicted octanol–water partition coefficient (Wildman–Crippen LogP) is 10.3. The van der Waals surface area contributed by atoms with Gasteiger partial charge in [-0.1, -0.05) is 23.2 Å². The van der Waals surface area contributed by atoms with E-state index >= 15 is 0 Å². The molecule has 3 aliphatic rings. The second-order valence-corrected chi connectivity index (χ2v) is 19.1. The Labute approximate surface area is 441 Å². The van der Waals surface area contributed by atoms with Crippen LogP contribution in [0.5, 0.6) is 23.0 Å². The van der Waals surface area contributed by atoms with Crippen LogP contribution in [0.25, 0.3) is 21.8 Å². The Kier molecular flexibility index (Phi) is 16.7. The maximum atomic E-state index is 13.6. The van der Waals surface area contributed by atoms with Crippen molar-refractivity contribution in [3.05, 3.63) is 108 Å². The highest BCUT2D eigenvalue weighted by Gasteiger charge is 2.32. The van der Waals surface area contributed by atoms with Crippen molar-refractivity contribution in [2.24, 2.45) is 0 Å². The zero-order valence-electron chi connectivity index (χ0n) is 41.7. The molecule has 0 atom stereocenters. The predicted molar refractivity (Wildman–Crippen MR) is 279 cm³/mol. The van der Waals surface area contributed by atoms with Crippen molar-refractivity contribution in [1.29, 1.82) is 0 Å². The van der Waals surface area contributed by atoms with Gasteiger partial charge in [-0.05, 0) is 99.9 Å². The number of benzene rings is 4. The molecule has 10 rings (SSSR count). The number of aromatic nitrogens is 7. The number of amides is 3. The smallest absolute Gasteiger partial charge is 0.346 e. The molecule has 4 aromatic carbocycles. The van der Waals surface area contributed by atoms with Crippen LogP contribution >= 0.6 is 23.2 Å². The van der Waals surface area contributed by atoms with Crippen LogP contribution in [0.3, 0.4) is 0 Å². The summed E-state index contributed by atoms with van der Waals surface area (Å²) in [6.45, 7) is 2.46. The molecule has 0 spiro atoms. The number of methoxy groups -OCH3 is 2. The van der Waals surface area contributed by atoms with E-state index in [2.05, 4.69) is 40.7 Å². The van der Waals surface area contributed by atoms with Gasteiger partial charge in [0, 0.05) is 73.5 Å². The molecule has 0 bridgehead atoms. The number of morpholine rings is 1. The van der Waals surface area contributed by atoms with Gasteiger partial charge in [-0.15, -0.1) is 0 Å². The van der Waals surface area contributed by atoms with E-state index in [9.17, 15) is 18.4 Å². The number of ether oxygens (including phenoxy) is 5. The van der Waals surface area contributed by atoms with Crippen LogP contribution in [-0.4, -0.2) is 140 Å². The van der Waals surface area contributed by atoms with Crippen LogP contribution in [0, 0.1) is 11.6 Å². The number of nitrogens with one attached hydrogen (secondary N) is 2. The fourth-order valence-electron chi connectivity index (χ4n) is 9.47. The summed E-state index contributed by atoms with van der Waals surface area (Å²) in [6, 6.07) is 16.2. The quantitative estimate of drug-likeness (QED) is 0.117. The summed E-state index contributed by atoms with van der Waals surface area (Å²) in [5.41, 5.74) is 2.52. The molecule has 3 aromatic heterocycles. The minimum absolute atomic E-state index is 0.0123. The van der Waals surface area contributed by atoms with Crippen molar-refractivity contribution < 1.29 is 42.1 Å². The van der Waals surface area contributed by atoms with Gasteiger partial charge < -0.3 is 49.0 Å². The van der Waals surface area contributed by atoms with Crippen LogP contribution in [-0.2, 0) is 4.74 Å². The molecule has 19 nitrogen and oxygen atoms in total. The number of hydrogen-bond acceptors (Lipinski definition) is 15. The van der Waals surface area contributed by atoms with Crippen molar-refractivity contribution in [3.8, 4) is 23.0 Å². The van der Waals surface area contributed by atoms with Gasteiger partial charge in [-0.3, -0.25) is 0 Å². The fraction of sp³-hybridized carbons (Fsp3) is 0.385. The monoisotopic (exact) mass is 1070 g/mol. The van der Waals surface area contributed by atoms with Crippen molar-refractivity contribution in [3.63, 3.8) is 0 Å². The van der Waals surface area contributed by atoms with Gasteiger partial charge in [0.15, 0.2) is 23.0 Å². The summed E-state index contributed by atoms with van der Waals surface area (Å²) in [5.74, 6) is 2.38. The lowest BCUT2D eigenvalue weighted by atomic mass is 9.92. The van der Waals surface area contributed by atoms with Crippen LogP contribution in [0.2, 0.25) is 10.0 Å². The van der Waals surface area contributed by atoms with E-state index < -0.39 is 11.6 Å². The molecule has 3 amide bonds. The lowest BCUT2D eigenvalue weighted by molar-refractivity contribution is 0.0369. The Balaban J connectivity index is 0.000000184. The Bertz CT molecular complexity index is 3120. The zero-order chi connectivity index (χ0) is 52.6. The molecule has 1 saturated heterocycles. The third kappa shape index (κ3) is 12.4. The van der Waals surface area contributed by atoms with E-state index in [0.29, 0.717) is 88.7 Å². The van der Waals surface area contributed by atoms with E-state index in [1.165, 1.54) is 54.3 Å². The molecule has 1 aliphatic heterocycles. The van der Waals surface area contributed by atoms with Crippen molar-refractivity contribution >= 4 is 80.1 Å². The number of urea groups is 1. The highest BCUT2D eigenvalue weighted by Crippen LogP contribution is 2.40. The summed E-state index contributed by atoms with van der Waals surface area (Å²) in [5, 5.41) is 11.8. The first-order valence-corrected chi connectivity index (χ1v) is 25.3. The average molecular weight is 1070 g/mol. The average Bonchev–Trinajstić information content (AvgIpc) is 3.99. The standard InChI is InChI=1S/C27H31ClFN5O4.C25H25ClFN7O3/c1-33(27(35)34-9-11-37-12-10-34)18-4-6-19(7-5-18)38-25-14-20-23(15-24(25)36-2)30-16-31-26(20)32-17-3-8-22(29)21(28)13-17;1-33(25(35)34-14-28-12-31-34)16-4-6-17(7-5-16)37-23-10-18-21(11-22(23)36-2)29-13-30-24(18)32-15-3-8-20(27)19(26)9-15/h3,8,13-16,18-19H,4-7,9-12H2,1-2H3,(H,30,31,32);3,8-14,16-17H,4-7H2,1-2H3,(H,29,30,32). The number of anilines is 4. The summed E-state index contributed by atoms with van der Waals surface area (Å²) in [6.07, 6.45) is 12.0. The molecular formula is C52H56Cl2F2N12O7. The minimum Gasteiger partial charge on any atom is -0.493 e. The Morgan fingerprint density at radius 2 is 1.09 bits per heavy atom. The topological polar surface area (TPSA) is 196 Å². The number of rotatable bonds is 12. The highest BCUT2D eigenvalue weighted by molar-refractivity contribution is 6.31. The maximum Gasteiger partial charge on any atom is 0.346 e. The van der Waals surface area contributed by atoms with Gasteiger partial charge in [0.1, 0.15) is 48.6 Å². The second-order valence-electron chi connectivity index (χ2n) is 18.3. The van der Waals surface area contributed by atoms with Crippen LogP contribution in [0.1, 0.15) is 51.4 Å². The summed E-state index contributed by atoms with van der Waals surface area (Å²) < 4.78 is 57.8. The maximum absolute atomic E-state index is 13.6. The van der Waals surface area contributed by atoms with E-state index in [4.69, 9.17) is 46.9 Å². The SMILES string of the molecule is COc1cc2ncnc(Nc3ccc(F)c(Cl)c3)c2cc1OC1CCC(N(C)C(=O)N2CCOCC2)CC1.COc1cc2ncnc(Nc3ccc(F)c(Cl)c3)c2cc1OC1CCC(N(C)C(=O)n2cncn2)CC1. The Morgan fingerprint density at radius 3 is 1.52 bits per heavy atom. The second kappa shape index (κ2) is 23.9. The Morgan fingerprint density at radius 1 is 0.627 bits per heavy atom. The van der Waals surface area contributed by atoms with Gasteiger partial charge in [0.05, 0.1) is 60.7 Å². The summed E-state index contributed by atoms with van der Waals surface area (Å²) in [4.78, 5) is 52.2. The first-order chi connectivity index (χ1) is 36.3. The molecule has 4 heterocycles. The van der Waals surface area contributed by atoms with Crippen molar-refractivity contribution in [1.82, 2.24) is 49.4 Å². The van der Waals surface area contributed by atoms with Crippen molar-refractivity contribution in [2.75, 3.05) is 65.3 Å². The van der Waals surface area contributed by atoms with Crippen molar-refractivity contribution in [2.45, 2.75) is 75.7 Å². The number of carbonyl (C=O) groups is 2.